The molecule has 1 heterocycles. The van der Waals surface area contributed by atoms with Crippen LogP contribution in [-0.4, -0.2) is 36.3 Å². The van der Waals surface area contributed by atoms with E-state index in [0.717, 1.165) is 31.0 Å². The van der Waals surface area contributed by atoms with E-state index < -0.39 is 0 Å². The molecule has 0 aromatic heterocycles. The number of carbonyl (C=O) groups is 1. The average Bonchev–Trinajstić information content (AvgIpc) is 2.76. The predicted molar refractivity (Wildman–Crippen MR) is 74.7 cm³/mol. The first-order valence-electron chi connectivity index (χ1n) is 6.18. The van der Waals surface area contributed by atoms with Crippen LogP contribution in [0.25, 0.3) is 0 Å². The number of nitrogens with two attached hydrogens (primary N) is 1. The van der Waals surface area contributed by atoms with E-state index in [-0.39, 0.29) is 12.1 Å². The minimum Gasteiger partial charge on any atom is -0.336 e. The van der Waals surface area contributed by atoms with E-state index in [4.69, 9.17) is 5.73 Å². The van der Waals surface area contributed by atoms with Crippen molar-refractivity contribution < 1.29 is 4.79 Å². The van der Waals surface area contributed by atoms with Crippen molar-refractivity contribution in [3.63, 3.8) is 0 Å². The quantitative estimate of drug-likeness (QED) is 0.798. The summed E-state index contributed by atoms with van der Waals surface area (Å²) < 4.78 is 0. The first-order valence-corrected chi connectivity index (χ1v) is 7.16. The Balaban J connectivity index is 1.82. The van der Waals surface area contributed by atoms with Crippen molar-refractivity contribution in [3.8, 4) is 0 Å². The van der Waals surface area contributed by atoms with E-state index >= 15 is 0 Å². The Morgan fingerprint density at radius 3 is 3.06 bits per heavy atom. The van der Waals surface area contributed by atoms with Crippen LogP contribution in [0.5, 0.6) is 0 Å². The van der Waals surface area contributed by atoms with Gasteiger partial charge < -0.3 is 16.0 Å². The molecule has 1 aromatic carbocycles. The minimum absolute atomic E-state index is 0.0555. The summed E-state index contributed by atoms with van der Waals surface area (Å²) in [5, 5.41) is 2.80. The third-order valence-electron chi connectivity index (χ3n) is 2.96. The summed E-state index contributed by atoms with van der Waals surface area (Å²) in [5.41, 5.74) is 7.01. The summed E-state index contributed by atoms with van der Waals surface area (Å²) in [6, 6.07) is 8.40. The number of thioether (sulfide) groups is 1. The van der Waals surface area contributed by atoms with Gasteiger partial charge in [0.2, 0.25) is 0 Å². The number of nitrogens with one attached hydrogen (secondary N) is 1. The van der Waals surface area contributed by atoms with Crippen LogP contribution in [0, 0.1) is 0 Å². The van der Waals surface area contributed by atoms with E-state index in [0.29, 0.717) is 0 Å². The molecule has 18 heavy (non-hydrogen) atoms. The average molecular weight is 265 g/mol. The Hall–Kier alpha value is -1.20. The predicted octanol–water partition coefficient (Wildman–Crippen LogP) is 1.82. The number of rotatable bonds is 5. The highest BCUT2D eigenvalue weighted by molar-refractivity contribution is 7.99. The second-order valence-electron chi connectivity index (χ2n) is 4.43. The van der Waals surface area contributed by atoms with Crippen molar-refractivity contribution in [2.75, 3.05) is 25.4 Å². The van der Waals surface area contributed by atoms with E-state index in [1.807, 2.05) is 24.0 Å². The van der Waals surface area contributed by atoms with Gasteiger partial charge in [0, 0.05) is 36.3 Å². The topological polar surface area (TPSA) is 58.4 Å². The fraction of sp³-hybridized carbons (Fsp3) is 0.462. The lowest BCUT2D eigenvalue weighted by Gasteiger charge is -2.13. The second-order valence-corrected chi connectivity index (χ2v) is 5.60. The number of carbonyl (C=O) groups excluding carboxylic acids is 1. The molecule has 1 atom stereocenters. The Morgan fingerprint density at radius 2 is 2.39 bits per heavy atom. The normalized spacial score (nSPS) is 16.8. The Labute approximate surface area is 112 Å². The molecule has 4 nitrogen and oxygen atoms in total. The van der Waals surface area contributed by atoms with Gasteiger partial charge >= 0.3 is 6.03 Å². The zero-order valence-electron chi connectivity index (χ0n) is 10.6. The first kappa shape index (κ1) is 13.2. The molecule has 0 saturated carbocycles. The minimum atomic E-state index is 0.0555. The van der Waals surface area contributed by atoms with E-state index in [1.54, 1.807) is 11.8 Å². The molecule has 0 aliphatic carbocycles. The van der Waals surface area contributed by atoms with E-state index in [9.17, 15) is 4.79 Å². The molecule has 0 bridgehead atoms. The molecule has 1 unspecified atom stereocenters. The molecule has 98 valence electrons. The van der Waals surface area contributed by atoms with Gasteiger partial charge in [-0.25, -0.2) is 4.79 Å². The van der Waals surface area contributed by atoms with Crippen LogP contribution in [0.4, 0.5) is 4.79 Å². The molecule has 5 heteroatoms. The lowest BCUT2D eigenvalue weighted by molar-refractivity contribution is 0.220. The van der Waals surface area contributed by atoms with Crippen LogP contribution in [0.15, 0.2) is 29.2 Å². The molecular formula is C13H19N3OS. The van der Waals surface area contributed by atoms with Crippen LogP contribution in [0.2, 0.25) is 0 Å². The smallest absolute Gasteiger partial charge is 0.317 e. The van der Waals surface area contributed by atoms with Gasteiger partial charge in [-0.05, 0) is 24.6 Å². The van der Waals surface area contributed by atoms with Crippen LogP contribution < -0.4 is 11.1 Å². The van der Waals surface area contributed by atoms with Crippen molar-refractivity contribution in [2.24, 2.45) is 5.73 Å². The van der Waals surface area contributed by atoms with Gasteiger partial charge in [-0.1, -0.05) is 12.1 Å². The zero-order valence-corrected chi connectivity index (χ0v) is 11.4. The molecule has 1 aromatic rings. The van der Waals surface area contributed by atoms with Crippen molar-refractivity contribution >= 4 is 17.8 Å². The van der Waals surface area contributed by atoms with E-state index in [2.05, 4.69) is 17.4 Å². The van der Waals surface area contributed by atoms with Gasteiger partial charge in [-0.2, -0.15) is 0 Å². The Bertz CT molecular complexity index is 422. The molecule has 3 N–H and O–H groups in total. The van der Waals surface area contributed by atoms with Crippen LogP contribution in [0.1, 0.15) is 18.5 Å². The monoisotopic (exact) mass is 265 g/mol. The summed E-state index contributed by atoms with van der Waals surface area (Å²) in [6.45, 7) is 4.36. The maximum absolute atomic E-state index is 11.3. The summed E-state index contributed by atoms with van der Waals surface area (Å²) in [5.74, 6) is 0.913. The van der Waals surface area contributed by atoms with Gasteiger partial charge in [0.25, 0.3) is 0 Å². The highest BCUT2D eigenvalue weighted by Gasteiger charge is 2.18. The molecule has 1 saturated heterocycles. The number of hydrogen-bond donors (Lipinski definition) is 2. The van der Waals surface area contributed by atoms with Crippen molar-refractivity contribution in [3.05, 3.63) is 29.8 Å². The van der Waals surface area contributed by atoms with Crippen molar-refractivity contribution in [1.82, 2.24) is 10.2 Å². The molecule has 1 fully saturated rings. The SMILES string of the molecule is CC(N)c1cccc(SCCN2CCNC2=O)c1. The maximum atomic E-state index is 11.3. The fourth-order valence-corrected chi connectivity index (χ4v) is 2.83. The zero-order chi connectivity index (χ0) is 13.0. The molecule has 2 rings (SSSR count). The Morgan fingerprint density at radius 1 is 1.56 bits per heavy atom. The van der Waals surface area contributed by atoms with Crippen LogP contribution in [-0.2, 0) is 0 Å². The lowest BCUT2D eigenvalue weighted by atomic mass is 10.1. The maximum Gasteiger partial charge on any atom is 0.317 e. The molecule has 1 aliphatic heterocycles. The third-order valence-corrected chi connectivity index (χ3v) is 3.93. The molecule has 0 radical (unpaired) electrons. The molecule has 0 spiro atoms. The number of nitrogens with zero attached hydrogens (tertiary/aromatic N) is 1. The highest BCUT2D eigenvalue weighted by Crippen LogP contribution is 2.21. The molecule has 2 amide bonds. The summed E-state index contributed by atoms with van der Waals surface area (Å²) >= 11 is 1.76. The first-order chi connectivity index (χ1) is 8.66. The van der Waals surface area contributed by atoms with Gasteiger partial charge in [0.1, 0.15) is 0 Å². The summed E-state index contributed by atoms with van der Waals surface area (Å²) in [7, 11) is 0. The van der Waals surface area contributed by atoms with Crippen LogP contribution >= 0.6 is 11.8 Å². The second kappa shape index (κ2) is 6.11. The Kier molecular flexibility index (Phi) is 4.49. The fourth-order valence-electron chi connectivity index (χ4n) is 1.89. The standard InChI is InChI=1S/C13H19N3OS/c1-10(14)11-3-2-4-12(9-11)18-8-7-16-6-5-15-13(16)17/h2-4,9-10H,5-8,14H2,1H3,(H,15,17). The van der Waals surface area contributed by atoms with Crippen molar-refractivity contribution in [1.29, 1.82) is 0 Å². The third kappa shape index (κ3) is 3.40. The summed E-state index contributed by atoms with van der Waals surface area (Å²) in [4.78, 5) is 14.4. The van der Waals surface area contributed by atoms with Crippen LogP contribution in [0.3, 0.4) is 0 Å². The number of hydrogen-bond acceptors (Lipinski definition) is 3. The number of benzene rings is 1. The largest absolute Gasteiger partial charge is 0.336 e. The lowest BCUT2D eigenvalue weighted by Crippen LogP contribution is -2.30. The van der Waals surface area contributed by atoms with Gasteiger partial charge in [0.15, 0.2) is 0 Å². The van der Waals surface area contributed by atoms with Gasteiger partial charge in [-0.3, -0.25) is 0 Å². The van der Waals surface area contributed by atoms with Crippen molar-refractivity contribution in [2.45, 2.75) is 17.9 Å². The number of amides is 2. The summed E-state index contributed by atoms with van der Waals surface area (Å²) in [6.07, 6.45) is 0. The highest BCUT2D eigenvalue weighted by atomic mass is 32.2. The molecular weight excluding hydrogens is 246 g/mol. The van der Waals surface area contributed by atoms with Gasteiger partial charge in [-0.15, -0.1) is 11.8 Å². The number of urea groups is 1. The van der Waals surface area contributed by atoms with Gasteiger partial charge in [0.05, 0.1) is 0 Å². The molecule has 1 aliphatic rings. The van der Waals surface area contributed by atoms with E-state index in [1.165, 1.54) is 4.90 Å².